The number of methoxy groups -OCH3 is 1. The van der Waals surface area contributed by atoms with Gasteiger partial charge in [-0.2, -0.15) is 0 Å². The molecule has 0 bridgehead atoms. The molecule has 1 amide bonds. The van der Waals surface area contributed by atoms with Crippen LogP contribution in [0.1, 0.15) is 12.5 Å². The van der Waals surface area contributed by atoms with Gasteiger partial charge in [0.25, 0.3) is 0 Å². The summed E-state index contributed by atoms with van der Waals surface area (Å²) in [6.07, 6.45) is 0. The van der Waals surface area contributed by atoms with Crippen molar-refractivity contribution < 1.29 is 9.53 Å². The zero-order valence-electron chi connectivity index (χ0n) is 15.1. The number of aryl methyl sites for hydroxylation is 1. The van der Waals surface area contributed by atoms with Crippen molar-refractivity contribution in [1.82, 2.24) is 15.2 Å². The minimum Gasteiger partial charge on any atom is -0.495 e. The molecule has 0 unspecified atom stereocenters. The third-order valence-electron chi connectivity index (χ3n) is 3.86. The highest BCUT2D eigenvalue weighted by Gasteiger charge is 2.18. The fourth-order valence-corrected chi connectivity index (χ4v) is 3.32. The molecule has 0 aliphatic heterocycles. The molecule has 8 heteroatoms. The average Bonchev–Trinajstić information content (AvgIpc) is 3.11. The predicted molar refractivity (Wildman–Crippen MR) is 109 cm³/mol. The molecule has 1 atom stereocenters. The fraction of sp³-hybridized carbons (Fsp3) is 0.211. The third-order valence-corrected chi connectivity index (χ3v) is 5.12. The Hall–Kier alpha value is -2.51. The van der Waals surface area contributed by atoms with Crippen molar-refractivity contribution in [2.24, 2.45) is 0 Å². The van der Waals surface area contributed by atoms with Gasteiger partial charge in [0.2, 0.25) is 11.1 Å². The smallest absolute Gasteiger partial charge is 0.237 e. The van der Waals surface area contributed by atoms with Crippen LogP contribution in [0.4, 0.5) is 5.69 Å². The molecule has 3 aromatic rings. The molecule has 140 valence electrons. The second kappa shape index (κ2) is 8.45. The van der Waals surface area contributed by atoms with E-state index in [2.05, 4.69) is 20.5 Å². The maximum Gasteiger partial charge on any atom is 0.237 e. The van der Waals surface area contributed by atoms with Gasteiger partial charge in [-0.1, -0.05) is 53.2 Å². The van der Waals surface area contributed by atoms with Crippen LogP contribution in [-0.2, 0) is 4.79 Å². The van der Waals surface area contributed by atoms with Crippen LogP contribution in [0, 0.1) is 6.92 Å². The average molecular weight is 403 g/mol. The predicted octanol–water partition coefficient (Wildman–Crippen LogP) is 4.56. The molecule has 3 rings (SSSR count). The van der Waals surface area contributed by atoms with Crippen LogP contribution >= 0.6 is 23.4 Å². The summed E-state index contributed by atoms with van der Waals surface area (Å²) in [5.41, 5.74) is 2.73. The number of hydrogen-bond acceptors (Lipinski definition) is 5. The maximum absolute atomic E-state index is 12.4. The van der Waals surface area contributed by atoms with Crippen molar-refractivity contribution in [3.8, 4) is 17.1 Å². The van der Waals surface area contributed by atoms with E-state index < -0.39 is 0 Å². The quantitative estimate of drug-likeness (QED) is 0.591. The van der Waals surface area contributed by atoms with E-state index in [1.807, 2.05) is 31.2 Å². The van der Waals surface area contributed by atoms with E-state index in [1.165, 1.54) is 17.3 Å². The van der Waals surface area contributed by atoms with Crippen LogP contribution in [0.15, 0.2) is 47.6 Å². The Balaban J connectivity index is 1.63. The molecule has 6 nitrogen and oxygen atoms in total. The highest BCUT2D eigenvalue weighted by molar-refractivity contribution is 8.00. The molecule has 0 fully saturated rings. The Morgan fingerprint density at radius 2 is 2.00 bits per heavy atom. The number of thioether (sulfide) groups is 1. The van der Waals surface area contributed by atoms with Crippen LogP contribution < -0.4 is 10.1 Å². The standard InChI is InChI=1S/C19H19ClN4O2S/c1-11-4-6-13(7-5-11)17-22-19(24-23-17)27-12(2)18(25)21-14-8-9-16(26-3)15(20)10-14/h4-10,12H,1-3H3,(H,21,25)(H,22,23,24)/t12-/m1/s1. The van der Waals surface area contributed by atoms with Crippen molar-refractivity contribution in [2.75, 3.05) is 12.4 Å². The monoisotopic (exact) mass is 402 g/mol. The summed E-state index contributed by atoms with van der Waals surface area (Å²) < 4.78 is 5.11. The summed E-state index contributed by atoms with van der Waals surface area (Å²) in [5.74, 6) is 1.07. The lowest BCUT2D eigenvalue weighted by molar-refractivity contribution is -0.115. The summed E-state index contributed by atoms with van der Waals surface area (Å²) in [6, 6.07) is 13.1. The van der Waals surface area contributed by atoms with Crippen LogP contribution in [0.2, 0.25) is 5.02 Å². The molecule has 0 saturated heterocycles. The van der Waals surface area contributed by atoms with Crippen molar-refractivity contribution in [2.45, 2.75) is 24.3 Å². The van der Waals surface area contributed by atoms with E-state index in [0.29, 0.717) is 27.4 Å². The zero-order chi connectivity index (χ0) is 19.4. The summed E-state index contributed by atoms with van der Waals surface area (Å²) in [6.45, 7) is 3.83. The second-order valence-corrected chi connectivity index (χ2v) is 7.65. The first kappa shape index (κ1) is 19.3. The highest BCUT2D eigenvalue weighted by atomic mass is 35.5. The molecule has 1 heterocycles. The topological polar surface area (TPSA) is 79.9 Å². The lowest BCUT2D eigenvalue weighted by atomic mass is 10.1. The van der Waals surface area contributed by atoms with E-state index in [0.717, 1.165) is 5.56 Å². The molecule has 2 aromatic carbocycles. The van der Waals surface area contributed by atoms with Crippen LogP contribution in [0.3, 0.4) is 0 Å². The van der Waals surface area contributed by atoms with E-state index in [1.54, 1.807) is 32.2 Å². The number of aromatic nitrogens is 3. The first-order valence-corrected chi connectivity index (χ1v) is 9.52. The molecule has 2 N–H and O–H groups in total. The Labute approximate surface area is 166 Å². The van der Waals surface area contributed by atoms with Crippen LogP contribution in [0.25, 0.3) is 11.4 Å². The van der Waals surface area contributed by atoms with Crippen molar-refractivity contribution in [3.05, 3.63) is 53.1 Å². The second-order valence-electron chi connectivity index (χ2n) is 5.93. The molecule has 0 saturated carbocycles. The van der Waals surface area contributed by atoms with Gasteiger partial charge in [0, 0.05) is 11.3 Å². The molecule has 0 aliphatic carbocycles. The van der Waals surface area contributed by atoms with Gasteiger partial charge in [-0.05, 0) is 32.0 Å². The van der Waals surface area contributed by atoms with Crippen molar-refractivity contribution >= 4 is 35.0 Å². The van der Waals surface area contributed by atoms with Crippen LogP contribution in [0.5, 0.6) is 5.75 Å². The van der Waals surface area contributed by atoms with E-state index in [9.17, 15) is 4.79 Å². The summed E-state index contributed by atoms with van der Waals surface area (Å²) in [7, 11) is 1.54. The summed E-state index contributed by atoms with van der Waals surface area (Å²) >= 11 is 7.37. The number of nitrogens with zero attached hydrogens (tertiary/aromatic N) is 2. The number of amides is 1. The summed E-state index contributed by atoms with van der Waals surface area (Å²) in [4.78, 5) is 16.9. The van der Waals surface area contributed by atoms with Gasteiger partial charge in [-0.15, -0.1) is 5.10 Å². The molecule has 0 aliphatic rings. The normalized spacial score (nSPS) is 11.9. The molecular formula is C19H19ClN4O2S. The van der Waals surface area contributed by atoms with Gasteiger partial charge in [0.1, 0.15) is 5.75 Å². The fourth-order valence-electron chi connectivity index (χ4n) is 2.34. The number of hydrogen-bond donors (Lipinski definition) is 2. The molecule has 27 heavy (non-hydrogen) atoms. The Morgan fingerprint density at radius 3 is 2.67 bits per heavy atom. The number of benzene rings is 2. The van der Waals surface area contributed by atoms with Gasteiger partial charge >= 0.3 is 0 Å². The number of halogens is 1. The lowest BCUT2D eigenvalue weighted by Gasteiger charge is -2.11. The largest absolute Gasteiger partial charge is 0.495 e. The molecule has 0 radical (unpaired) electrons. The minimum absolute atomic E-state index is 0.164. The number of carbonyl (C=O) groups excluding carboxylic acids is 1. The van der Waals surface area contributed by atoms with Gasteiger partial charge in [-0.25, -0.2) is 4.98 Å². The number of H-pyrrole nitrogens is 1. The molecule has 0 spiro atoms. The molecular weight excluding hydrogens is 384 g/mol. The van der Waals surface area contributed by atoms with Gasteiger partial charge in [0.05, 0.1) is 17.4 Å². The number of aromatic amines is 1. The van der Waals surface area contributed by atoms with Gasteiger partial charge in [-0.3, -0.25) is 9.89 Å². The first-order valence-electron chi connectivity index (χ1n) is 8.27. The van der Waals surface area contributed by atoms with Crippen molar-refractivity contribution in [3.63, 3.8) is 0 Å². The number of carbonyl (C=O) groups is 1. The zero-order valence-corrected chi connectivity index (χ0v) is 16.7. The van der Waals surface area contributed by atoms with Gasteiger partial charge < -0.3 is 10.1 Å². The van der Waals surface area contributed by atoms with Crippen LogP contribution in [-0.4, -0.2) is 33.4 Å². The molecule has 1 aromatic heterocycles. The third kappa shape index (κ3) is 4.81. The Bertz CT molecular complexity index is 943. The number of ether oxygens (including phenoxy) is 1. The van der Waals surface area contributed by atoms with E-state index >= 15 is 0 Å². The van der Waals surface area contributed by atoms with Gasteiger partial charge in [0.15, 0.2) is 5.82 Å². The minimum atomic E-state index is -0.382. The Kier molecular flexibility index (Phi) is 6.03. The Morgan fingerprint density at radius 1 is 1.26 bits per heavy atom. The van der Waals surface area contributed by atoms with Crippen molar-refractivity contribution in [1.29, 1.82) is 0 Å². The van der Waals surface area contributed by atoms with E-state index in [-0.39, 0.29) is 11.2 Å². The number of rotatable bonds is 6. The maximum atomic E-state index is 12.4. The highest BCUT2D eigenvalue weighted by Crippen LogP contribution is 2.28. The SMILES string of the molecule is COc1ccc(NC(=O)[C@@H](C)Sc2n[nH]c(-c3ccc(C)cc3)n2)cc1Cl. The summed E-state index contributed by atoms with van der Waals surface area (Å²) in [5, 5.41) is 10.5. The van der Waals surface area contributed by atoms with E-state index in [4.69, 9.17) is 16.3 Å². The number of anilines is 1. The lowest BCUT2D eigenvalue weighted by Crippen LogP contribution is -2.22. The first-order chi connectivity index (χ1) is 13.0. The number of nitrogens with one attached hydrogen (secondary N) is 2.